The van der Waals surface area contributed by atoms with Crippen molar-refractivity contribution in [3.63, 3.8) is 0 Å². The van der Waals surface area contributed by atoms with E-state index >= 15 is 0 Å². The van der Waals surface area contributed by atoms with Crippen molar-refractivity contribution in [2.45, 2.75) is 6.92 Å². The van der Waals surface area contributed by atoms with E-state index in [9.17, 15) is 0 Å². The Kier molecular flexibility index (Phi) is 18.2. The average Bonchev–Trinajstić information content (AvgIpc) is 2.43. The van der Waals surface area contributed by atoms with E-state index in [-0.39, 0.29) is 19.8 Å². The Morgan fingerprint density at radius 1 is 0.789 bits per heavy atom. The number of nitrogens with zero attached hydrogens (tertiary/aromatic N) is 1. The average molecular weight is 273 g/mol. The predicted octanol–water partition coefficient (Wildman–Crippen LogP) is -0.131. The Hall–Kier alpha value is -0.980. The summed E-state index contributed by atoms with van der Waals surface area (Å²) < 4.78 is 0. The van der Waals surface area contributed by atoms with Gasteiger partial charge >= 0.3 is 0 Å². The Morgan fingerprint density at radius 3 is 1.37 bits per heavy atom. The molecule has 0 aliphatic heterocycles. The number of aliphatic hydroxyl groups is 4. The van der Waals surface area contributed by atoms with Gasteiger partial charge in [-0.1, -0.05) is 35.9 Å². The molecule has 1 rings (SSSR count). The van der Waals surface area contributed by atoms with Gasteiger partial charge in [0.1, 0.15) is 0 Å². The van der Waals surface area contributed by atoms with Crippen molar-refractivity contribution >= 4 is 0 Å². The molecule has 0 aromatic heterocycles. The van der Waals surface area contributed by atoms with Gasteiger partial charge in [0.15, 0.2) is 0 Å². The minimum absolute atomic E-state index is 0.0694. The zero-order valence-electron chi connectivity index (χ0n) is 11.9. The fourth-order valence-corrected chi connectivity index (χ4v) is 1.29. The maximum atomic E-state index is 8.48. The molecule has 0 unspecified atom stereocenters. The van der Waals surface area contributed by atoms with E-state index in [0.29, 0.717) is 19.6 Å². The van der Waals surface area contributed by atoms with Crippen LogP contribution in [0.15, 0.2) is 30.3 Å². The summed E-state index contributed by atoms with van der Waals surface area (Å²) >= 11 is 0. The minimum Gasteiger partial charge on any atom is -0.400 e. The van der Waals surface area contributed by atoms with Crippen LogP contribution in [0, 0.1) is 6.92 Å². The zero-order chi connectivity index (χ0) is 14.9. The van der Waals surface area contributed by atoms with Crippen molar-refractivity contribution in [1.82, 2.24) is 4.90 Å². The van der Waals surface area contributed by atoms with Gasteiger partial charge in [0.25, 0.3) is 0 Å². The van der Waals surface area contributed by atoms with Gasteiger partial charge in [-0.3, -0.25) is 4.90 Å². The quantitative estimate of drug-likeness (QED) is 0.580. The molecule has 19 heavy (non-hydrogen) atoms. The van der Waals surface area contributed by atoms with E-state index in [2.05, 4.69) is 19.1 Å². The standard InChI is InChI=1S/C7H8.C6H15NO3.CH4O/c1-7-5-3-2-4-6-7;8-4-1-7(2-5-9)3-6-10;1-2/h2-6H,1H3;8-10H,1-6H2;2H,1H3. The van der Waals surface area contributed by atoms with Gasteiger partial charge in [-0.25, -0.2) is 0 Å². The number of rotatable bonds is 6. The summed E-state index contributed by atoms with van der Waals surface area (Å²) in [5.41, 5.74) is 1.32. The summed E-state index contributed by atoms with van der Waals surface area (Å²) in [5.74, 6) is 0. The van der Waals surface area contributed by atoms with Crippen molar-refractivity contribution in [2.24, 2.45) is 0 Å². The molecule has 0 atom stereocenters. The lowest BCUT2D eigenvalue weighted by molar-refractivity contribution is 0.136. The highest BCUT2D eigenvalue weighted by molar-refractivity contribution is 5.11. The van der Waals surface area contributed by atoms with E-state index in [1.807, 2.05) is 18.2 Å². The highest BCUT2D eigenvalue weighted by Gasteiger charge is 2.00. The van der Waals surface area contributed by atoms with Gasteiger partial charge in [0.2, 0.25) is 0 Å². The van der Waals surface area contributed by atoms with Crippen LogP contribution >= 0.6 is 0 Å². The molecule has 0 radical (unpaired) electrons. The fraction of sp³-hybridized carbons (Fsp3) is 0.571. The topological polar surface area (TPSA) is 84.2 Å². The third-order valence-corrected chi connectivity index (χ3v) is 2.19. The Balaban J connectivity index is 0. The maximum Gasteiger partial charge on any atom is 0.0558 e. The molecule has 1 aromatic carbocycles. The molecular weight excluding hydrogens is 246 g/mol. The van der Waals surface area contributed by atoms with Crippen LogP contribution in [0.25, 0.3) is 0 Å². The smallest absolute Gasteiger partial charge is 0.0558 e. The molecule has 5 nitrogen and oxygen atoms in total. The SMILES string of the molecule is CO.Cc1ccccc1.OCCN(CCO)CCO. The molecule has 0 aliphatic rings. The van der Waals surface area contributed by atoms with Crippen LogP contribution in [0.3, 0.4) is 0 Å². The first-order valence-electron chi connectivity index (χ1n) is 6.26. The molecule has 4 N–H and O–H groups in total. The molecule has 0 saturated heterocycles. The normalized spacial score (nSPS) is 9.21. The lowest BCUT2D eigenvalue weighted by Crippen LogP contribution is -2.32. The summed E-state index contributed by atoms with van der Waals surface area (Å²) in [7, 11) is 1.00. The van der Waals surface area contributed by atoms with Gasteiger partial charge in [-0.15, -0.1) is 0 Å². The van der Waals surface area contributed by atoms with E-state index in [0.717, 1.165) is 7.11 Å². The second-order valence-electron chi connectivity index (χ2n) is 3.67. The lowest BCUT2D eigenvalue weighted by Gasteiger charge is -2.17. The van der Waals surface area contributed by atoms with Crippen LogP contribution in [0.4, 0.5) is 0 Å². The first-order chi connectivity index (χ1) is 9.24. The number of hydrogen-bond acceptors (Lipinski definition) is 5. The molecule has 0 heterocycles. The summed E-state index contributed by atoms with van der Waals surface area (Å²) in [6.45, 7) is 3.84. The second kappa shape index (κ2) is 17.0. The van der Waals surface area contributed by atoms with Crippen molar-refractivity contribution in [3.8, 4) is 0 Å². The van der Waals surface area contributed by atoms with Crippen molar-refractivity contribution in [2.75, 3.05) is 46.6 Å². The highest BCUT2D eigenvalue weighted by Crippen LogP contribution is 1.92. The summed E-state index contributed by atoms with van der Waals surface area (Å²) in [6, 6.07) is 10.3. The number of hydrogen-bond donors (Lipinski definition) is 4. The Labute approximate surface area is 115 Å². The molecule has 0 fully saturated rings. The van der Waals surface area contributed by atoms with E-state index < -0.39 is 0 Å². The molecule has 0 bridgehead atoms. The molecule has 1 aromatic rings. The number of aliphatic hydroxyl groups excluding tert-OH is 4. The van der Waals surface area contributed by atoms with Crippen LogP contribution in [0.5, 0.6) is 0 Å². The highest BCUT2D eigenvalue weighted by atomic mass is 16.3. The van der Waals surface area contributed by atoms with Gasteiger partial charge in [0, 0.05) is 26.7 Å². The molecule has 5 heteroatoms. The van der Waals surface area contributed by atoms with Gasteiger partial charge in [-0.05, 0) is 6.92 Å². The van der Waals surface area contributed by atoms with Crippen LogP contribution in [0.1, 0.15) is 5.56 Å². The van der Waals surface area contributed by atoms with Gasteiger partial charge in [-0.2, -0.15) is 0 Å². The third-order valence-electron chi connectivity index (χ3n) is 2.19. The summed E-state index contributed by atoms with van der Waals surface area (Å²) in [4.78, 5) is 1.79. The van der Waals surface area contributed by atoms with E-state index in [4.69, 9.17) is 20.4 Å². The maximum absolute atomic E-state index is 8.48. The molecule has 0 aliphatic carbocycles. The van der Waals surface area contributed by atoms with Crippen LogP contribution in [-0.4, -0.2) is 71.9 Å². The van der Waals surface area contributed by atoms with Crippen LogP contribution in [-0.2, 0) is 0 Å². The van der Waals surface area contributed by atoms with Gasteiger partial charge in [0.05, 0.1) is 19.8 Å². The zero-order valence-corrected chi connectivity index (χ0v) is 11.9. The largest absolute Gasteiger partial charge is 0.400 e. The molecule has 0 amide bonds. The predicted molar refractivity (Wildman–Crippen MR) is 77.0 cm³/mol. The van der Waals surface area contributed by atoms with Crippen molar-refractivity contribution in [1.29, 1.82) is 0 Å². The minimum atomic E-state index is 0.0694. The van der Waals surface area contributed by atoms with Crippen LogP contribution in [0.2, 0.25) is 0 Å². The molecule has 0 saturated carbocycles. The summed E-state index contributed by atoms with van der Waals surface area (Å²) in [6.07, 6.45) is 0. The lowest BCUT2D eigenvalue weighted by atomic mass is 10.2. The van der Waals surface area contributed by atoms with E-state index in [1.165, 1.54) is 5.56 Å². The number of aryl methyl sites for hydroxylation is 1. The first kappa shape index (κ1) is 20.3. The van der Waals surface area contributed by atoms with Crippen LogP contribution < -0.4 is 0 Å². The molecule has 0 spiro atoms. The molecule has 112 valence electrons. The Bertz CT molecular complexity index is 243. The van der Waals surface area contributed by atoms with Crippen molar-refractivity contribution in [3.05, 3.63) is 35.9 Å². The molecular formula is C14H27NO4. The van der Waals surface area contributed by atoms with Gasteiger partial charge < -0.3 is 20.4 Å². The third kappa shape index (κ3) is 15.0. The van der Waals surface area contributed by atoms with Crippen molar-refractivity contribution < 1.29 is 20.4 Å². The first-order valence-corrected chi connectivity index (χ1v) is 6.26. The monoisotopic (exact) mass is 273 g/mol. The fourth-order valence-electron chi connectivity index (χ4n) is 1.29. The number of benzene rings is 1. The van der Waals surface area contributed by atoms with E-state index in [1.54, 1.807) is 4.90 Å². The summed E-state index contributed by atoms with van der Waals surface area (Å²) in [5, 5.41) is 32.5. The second-order valence-corrected chi connectivity index (χ2v) is 3.67. The Morgan fingerprint density at radius 2 is 1.16 bits per heavy atom.